The highest BCUT2D eigenvalue weighted by Gasteiger charge is 2.23. The van der Waals surface area contributed by atoms with Gasteiger partial charge in [-0.1, -0.05) is 6.92 Å². The Morgan fingerprint density at radius 2 is 2.12 bits per heavy atom. The molecule has 1 saturated heterocycles. The topological polar surface area (TPSA) is 82.6 Å². The molecule has 0 radical (unpaired) electrons. The van der Waals surface area contributed by atoms with Crippen molar-refractivity contribution in [1.29, 1.82) is 0 Å². The van der Waals surface area contributed by atoms with Crippen molar-refractivity contribution < 1.29 is 13.2 Å². The molecule has 1 atom stereocenters. The van der Waals surface area contributed by atoms with Gasteiger partial charge < -0.3 is 10.2 Å². The molecule has 1 N–H and O–H groups in total. The van der Waals surface area contributed by atoms with E-state index in [4.69, 9.17) is 0 Å². The van der Waals surface area contributed by atoms with Crippen molar-refractivity contribution in [1.82, 2.24) is 19.5 Å². The molecule has 2 rings (SSSR count). The largest absolute Gasteiger partial charge is 0.355 e. The van der Waals surface area contributed by atoms with Crippen molar-refractivity contribution in [3.63, 3.8) is 0 Å². The van der Waals surface area contributed by atoms with Gasteiger partial charge in [-0.2, -0.15) is 4.31 Å². The van der Waals surface area contributed by atoms with Crippen LogP contribution in [0.15, 0.2) is 29.4 Å². The average Bonchev–Trinajstić information content (AvgIpc) is 3.06. The highest BCUT2D eigenvalue weighted by atomic mass is 32.2. The van der Waals surface area contributed by atoms with Crippen LogP contribution in [0, 0.1) is 5.92 Å². The molecule has 134 valence electrons. The quantitative estimate of drug-likeness (QED) is 0.737. The second kappa shape index (κ2) is 8.55. The first-order valence-corrected chi connectivity index (χ1v) is 9.69. The Labute approximate surface area is 144 Å². The number of aromatic nitrogens is 1. The fourth-order valence-electron chi connectivity index (χ4n) is 2.78. The Hall–Kier alpha value is -1.51. The summed E-state index contributed by atoms with van der Waals surface area (Å²) in [6, 6.07) is 3.02. The van der Waals surface area contributed by atoms with Gasteiger partial charge >= 0.3 is 0 Å². The van der Waals surface area contributed by atoms with Gasteiger partial charge in [-0.05, 0) is 44.0 Å². The zero-order valence-corrected chi connectivity index (χ0v) is 15.1. The van der Waals surface area contributed by atoms with Crippen molar-refractivity contribution in [3.05, 3.63) is 24.5 Å². The Morgan fingerprint density at radius 3 is 2.75 bits per heavy atom. The predicted molar refractivity (Wildman–Crippen MR) is 91.9 cm³/mol. The number of pyridine rings is 1. The van der Waals surface area contributed by atoms with Crippen molar-refractivity contribution in [2.24, 2.45) is 5.92 Å². The molecule has 1 aliphatic rings. The van der Waals surface area contributed by atoms with Crippen LogP contribution in [0.25, 0.3) is 0 Å². The lowest BCUT2D eigenvalue weighted by atomic mass is 10.1. The first-order chi connectivity index (χ1) is 11.4. The van der Waals surface area contributed by atoms with E-state index in [1.807, 2.05) is 0 Å². The highest BCUT2D eigenvalue weighted by molar-refractivity contribution is 7.89. The number of nitrogens with one attached hydrogen (secondary N) is 1. The molecule has 7 nitrogen and oxygen atoms in total. The van der Waals surface area contributed by atoms with E-state index < -0.39 is 10.0 Å². The van der Waals surface area contributed by atoms with Crippen LogP contribution in [0.5, 0.6) is 0 Å². The molecule has 0 saturated carbocycles. The number of carbonyl (C=O) groups is 1. The van der Waals surface area contributed by atoms with Gasteiger partial charge in [0.2, 0.25) is 15.9 Å². The fourth-order valence-corrected chi connectivity index (χ4v) is 3.87. The molecular formula is C16H26N4O3S. The van der Waals surface area contributed by atoms with Crippen molar-refractivity contribution >= 4 is 15.9 Å². The Balaban J connectivity index is 1.79. The fraction of sp³-hybridized carbons (Fsp3) is 0.625. The maximum absolute atomic E-state index is 12.3. The predicted octanol–water partition coefficient (Wildman–Crippen LogP) is 0.550. The van der Waals surface area contributed by atoms with E-state index in [0.717, 1.165) is 23.9 Å². The molecule has 1 amide bonds. The third-order valence-corrected chi connectivity index (χ3v) is 5.91. The summed E-state index contributed by atoms with van der Waals surface area (Å²) in [5.41, 5.74) is 0. The van der Waals surface area contributed by atoms with Gasteiger partial charge in [-0.15, -0.1) is 0 Å². The van der Waals surface area contributed by atoms with Crippen molar-refractivity contribution in [3.8, 4) is 0 Å². The molecule has 1 aliphatic heterocycles. The SMILES string of the molecule is CC(CNC(=O)CN(C)S(=O)(=O)c1cccnc1)CN1CCCC1. The Bertz CT molecular complexity index is 630. The van der Waals surface area contributed by atoms with Gasteiger partial charge in [0.15, 0.2) is 0 Å². The van der Waals surface area contributed by atoms with Crippen molar-refractivity contribution in [2.75, 3.05) is 39.8 Å². The molecule has 0 aliphatic carbocycles. The molecule has 1 fully saturated rings. The monoisotopic (exact) mass is 354 g/mol. The zero-order valence-electron chi connectivity index (χ0n) is 14.3. The number of likely N-dealkylation sites (tertiary alicyclic amines) is 1. The summed E-state index contributed by atoms with van der Waals surface area (Å²) in [7, 11) is -2.29. The average molecular weight is 354 g/mol. The molecule has 24 heavy (non-hydrogen) atoms. The van der Waals surface area contributed by atoms with Gasteiger partial charge in [0.05, 0.1) is 6.54 Å². The van der Waals surface area contributed by atoms with Crippen LogP contribution in [0.3, 0.4) is 0 Å². The molecule has 8 heteroatoms. The Kier molecular flexibility index (Phi) is 6.70. The minimum absolute atomic E-state index is 0.0858. The molecule has 0 aromatic carbocycles. The Morgan fingerprint density at radius 1 is 1.42 bits per heavy atom. The first-order valence-electron chi connectivity index (χ1n) is 8.25. The van der Waals surface area contributed by atoms with Gasteiger partial charge in [-0.25, -0.2) is 8.42 Å². The summed E-state index contributed by atoms with van der Waals surface area (Å²) in [4.78, 5) is 18.3. The number of amides is 1. The maximum atomic E-state index is 12.3. The van der Waals surface area contributed by atoms with Crippen LogP contribution in [-0.2, 0) is 14.8 Å². The van der Waals surface area contributed by atoms with E-state index in [-0.39, 0.29) is 17.3 Å². The number of nitrogens with zero attached hydrogens (tertiary/aromatic N) is 3. The molecule has 0 spiro atoms. The summed E-state index contributed by atoms with van der Waals surface area (Å²) < 4.78 is 25.7. The smallest absolute Gasteiger partial charge is 0.244 e. The molecule has 1 unspecified atom stereocenters. The molecule has 2 heterocycles. The number of hydrogen-bond donors (Lipinski definition) is 1. The van der Waals surface area contributed by atoms with Crippen LogP contribution >= 0.6 is 0 Å². The van der Waals surface area contributed by atoms with Crippen LogP contribution in [0.4, 0.5) is 0 Å². The van der Waals surface area contributed by atoms with E-state index in [9.17, 15) is 13.2 Å². The lowest BCUT2D eigenvalue weighted by molar-refractivity contribution is -0.121. The number of hydrogen-bond acceptors (Lipinski definition) is 5. The van der Waals surface area contributed by atoms with Gasteiger partial charge in [-0.3, -0.25) is 9.78 Å². The van der Waals surface area contributed by atoms with Crippen LogP contribution < -0.4 is 5.32 Å². The van der Waals surface area contributed by atoms with E-state index in [1.54, 1.807) is 6.07 Å². The standard InChI is InChI=1S/C16H26N4O3S/c1-14(12-20-8-3-4-9-20)10-18-16(21)13-19(2)24(22,23)15-6-5-7-17-11-15/h5-7,11,14H,3-4,8-10,12-13H2,1-2H3,(H,18,21). The second-order valence-electron chi connectivity index (χ2n) is 6.37. The summed E-state index contributed by atoms with van der Waals surface area (Å²) in [5, 5.41) is 2.82. The number of sulfonamides is 1. The van der Waals surface area contributed by atoms with Crippen LogP contribution in [0.2, 0.25) is 0 Å². The van der Waals surface area contributed by atoms with Crippen LogP contribution in [-0.4, -0.2) is 68.3 Å². The van der Waals surface area contributed by atoms with Gasteiger partial charge in [0, 0.05) is 32.5 Å². The molecule has 1 aromatic heterocycles. The summed E-state index contributed by atoms with van der Waals surface area (Å²) >= 11 is 0. The minimum atomic E-state index is -3.69. The highest BCUT2D eigenvalue weighted by Crippen LogP contribution is 2.12. The van der Waals surface area contributed by atoms with E-state index >= 15 is 0 Å². The number of rotatable bonds is 8. The van der Waals surface area contributed by atoms with E-state index in [0.29, 0.717) is 12.5 Å². The van der Waals surface area contributed by atoms with Crippen LogP contribution in [0.1, 0.15) is 19.8 Å². The minimum Gasteiger partial charge on any atom is -0.355 e. The molecular weight excluding hydrogens is 328 g/mol. The first kappa shape index (κ1) is 18.8. The third-order valence-electron chi connectivity index (χ3n) is 4.13. The summed E-state index contributed by atoms with van der Waals surface area (Å²) in [6.45, 7) is 5.66. The van der Waals surface area contributed by atoms with Gasteiger partial charge in [0.25, 0.3) is 0 Å². The van der Waals surface area contributed by atoms with E-state index in [2.05, 4.69) is 22.1 Å². The summed E-state index contributed by atoms with van der Waals surface area (Å²) in [5.74, 6) is 0.0468. The van der Waals surface area contributed by atoms with E-state index in [1.165, 1.54) is 38.3 Å². The maximum Gasteiger partial charge on any atom is 0.244 e. The normalized spacial score (nSPS) is 17.1. The lowest BCUT2D eigenvalue weighted by Crippen LogP contribution is -2.41. The lowest BCUT2D eigenvalue weighted by Gasteiger charge is -2.21. The van der Waals surface area contributed by atoms with Gasteiger partial charge in [0.1, 0.15) is 4.90 Å². The third kappa shape index (κ3) is 5.25. The molecule has 0 bridgehead atoms. The number of likely N-dealkylation sites (N-methyl/N-ethyl adjacent to an activating group) is 1. The zero-order chi connectivity index (χ0) is 17.6. The second-order valence-corrected chi connectivity index (χ2v) is 8.41. The molecule has 1 aromatic rings. The number of carbonyl (C=O) groups excluding carboxylic acids is 1. The summed E-state index contributed by atoms with van der Waals surface area (Å²) in [6.07, 6.45) is 5.28. The van der Waals surface area contributed by atoms with Crippen molar-refractivity contribution in [2.45, 2.75) is 24.7 Å².